The Hall–Kier alpha value is -1.15. The minimum absolute atomic E-state index is 0.0290. The van der Waals surface area contributed by atoms with Crippen molar-refractivity contribution >= 4 is 6.21 Å². The van der Waals surface area contributed by atoms with E-state index in [1.807, 2.05) is 56.0 Å². The smallest absolute Gasteiger partial charge is 0.0976 e. The van der Waals surface area contributed by atoms with E-state index in [4.69, 9.17) is 0 Å². The summed E-state index contributed by atoms with van der Waals surface area (Å²) in [6.07, 6.45) is 9.72. The molecule has 1 N–H and O–H groups in total. The number of rotatable bonds is 4. The summed E-state index contributed by atoms with van der Waals surface area (Å²) in [5.74, 6) is 1.06. The second-order valence-corrected chi connectivity index (χ2v) is 3.61. The van der Waals surface area contributed by atoms with Gasteiger partial charge in [0.15, 0.2) is 0 Å². The van der Waals surface area contributed by atoms with Crippen LogP contribution in [0.15, 0.2) is 35.3 Å². The lowest BCUT2D eigenvalue weighted by Crippen LogP contribution is -2.03. The average molecular weight is 212 g/mol. The standard InChI is InChI=1S/C14H14NO/c16-11-14(13-8-2-1-3-9-13)15-10-12-6-4-5-7-12/h1-10,14,16H,11H2/t14-/m0/s1. The third-order valence-electron chi connectivity index (χ3n) is 2.45. The molecule has 2 heteroatoms. The van der Waals surface area contributed by atoms with Crippen LogP contribution in [0.3, 0.4) is 0 Å². The monoisotopic (exact) mass is 212 g/mol. The molecule has 2 rings (SSSR count). The molecule has 0 aromatic heterocycles. The molecule has 0 amide bonds. The molecule has 0 aliphatic heterocycles. The number of aliphatic hydroxyl groups is 1. The molecule has 0 unspecified atom stereocenters. The van der Waals surface area contributed by atoms with Crippen molar-refractivity contribution in [2.24, 2.45) is 4.99 Å². The fourth-order valence-corrected chi connectivity index (χ4v) is 1.56. The molecule has 0 heterocycles. The van der Waals surface area contributed by atoms with E-state index in [1.165, 1.54) is 0 Å². The summed E-state index contributed by atoms with van der Waals surface area (Å²) in [6, 6.07) is 9.65. The van der Waals surface area contributed by atoms with Crippen LogP contribution in [-0.4, -0.2) is 17.9 Å². The number of hydrogen-bond acceptors (Lipinski definition) is 2. The molecule has 0 saturated heterocycles. The van der Waals surface area contributed by atoms with E-state index in [2.05, 4.69) is 4.99 Å². The van der Waals surface area contributed by atoms with Gasteiger partial charge in [0.05, 0.1) is 12.6 Å². The first kappa shape index (κ1) is 11.3. The molecule has 1 atom stereocenters. The Kier molecular flexibility index (Phi) is 4.11. The molecule has 1 saturated carbocycles. The van der Waals surface area contributed by atoms with Gasteiger partial charge >= 0.3 is 0 Å². The quantitative estimate of drug-likeness (QED) is 0.762. The van der Waals surface area contributed by atoms with Gasteiger partial charge in [-0.2, -0.15) is 0 Å². The summed E-state index contributed by atoms with van der Waals surface area (Å²) in [5, 5.41) is 9.29. The first-order valence-corrected chi connectivity index (χ1v) is 5.31. The Morgan fingerprint density at radius 2 is 1.81 bits per heavy atom. The predicted octanol–water partition coefficient (Wildman–Crippen LogP) is 2.20. The summed E-state index contributed by atoms with van der Waals surface area (Å²) in [5.41, 5.74) is 1.04. The van der Waals surface area contributed by atoms with E-state index in [0.717, 1.165) is 11.5 Å². The van der Waals surface area contributed by atoms with Gasteiger partial charge in [0.25, 0.3) is 0 Å². The summed E-state index contributed by atoms with van der Waals surface area (Å²) in [4.78, 5) is 4.38. The minimum Gasteiger partial charge on any atom is -0.394 e. The van der Waals surface area contributed by atoms with Gasteiger partial charge in [-0.25, -0.2) is 0 Å². The maximum absolute atomic E-state index is 9.29. The maximum Gasteiger partial charge on any atom is 0.0976 e. The highest BCUT2D eigenvalue weighted by Crippen LogP contribution is 2.23. The number of aliphatic imine (C=N–C) groups is 1. The van der Waals surface area contributed by atoms with Crippen LogP contribution < -0.4 is 0 Å². The van der Waals surface area contributed by atoms with E-state index in [1.54, 1.807) is 6.21 Å². The van der Waals surface area contributed by atoms with Gasteiger partial charge in [0, 0.05) is 12.1 Å². The van der Waals surface area contributed by atoms with Crippen LogP contribution in [-0.2, 0) is 0 Å². The molecular formula is C14H14NO. The van der Waals surface area contributed by atoms with Crippen molar-refractivity contribution in [3.8, 4) is 0 Å². The third-order valence-corrected chi connectivity index (χ3v) is 2.45. The van der Waals surface area contributed by atoms with Crippen molar-refractivity contribution in [1.29, 1.82) is 0 Å². The molecule has 1 aromatic carbocycles. The summed E-state index contributed by atoms with van der Waals surface area (Å²) < 4.78 is 0. The van der Waals surface area contributed by atoms with E-state index in [-0.39, 0.29) is 12.6 Å². The Morgan fingerprint density at radius 3 is 2.44 bits per heavy atom. The fourth-order valence-electron chi connectivity index (χ4n) is 1.56. The first-order valence-electron chi connectivity index (χ1n) is 5.31. The van der Waals surface area contributed by atoms with Crippen LogP contribution in [0.1, 0.15) is 11.6 Å². The summed E-state index contributed by atoms with van der Waals surface area (Å²) in [6.45, 7) is 0.0290. The van der Waals surface area contributed by atoms with Crippen LogP contribution in [0.4, 0.5) is 0 Å². The van der Waals surface area contributed by atoms with Crippen molar-refractivity contribution in [1.82, 2.24) is 0 Å². The van der Waals surface area contributed by atoms with E-state index < -0.39 is 0 Å². The van der Waals surface area contributed by atoms with Gasteiger partial charge in [0.2, 0.25) is 0 Å². The van der Waals surface area contributed by atoms with Gasteiger partial charge in [0.1, 0.15) is 0 Å². The second kappa shape index (κ2) is 5.80. The fraction of sp³-hybridized carbons (Fsp3) is 0.143. The molecule has 1 aliphatic carbocycles. The molecule has 0 spiro atoms. The SMILES string of the molecule is OC[C@H](N=C[C]1[CH][CH][CH][CH]1)c1ccccc1. The Balaban J connectivity index is 2.00. The highest BCUT2D eigenvalue weighted by molar-refractivity contribution is 5.82. The van der Waals surface area contributed by atoms with Crippen molar-refractivity contribution in [3.05, 3.63) is 67.5 Å². The van der Waals surface area contributed by atoms with Crippen LogP contribution in [0.5, 0.6) is 0 Å². The predicted molar refractivity (Wildman–Crippen MR) is 65.2 cm³/mol. The Labute approximate surface area is 97.0 Å². The van der Waals surface area contributed by atoms with Crippen molar-refractivity contribution in [3.63, 3.8) is 0 Å². The number of hydrogen-bond donors (Lipinski definition) is 1. The van der Waals surface area contributed by atoms with Crippen molar-refractivity contribution < 1.29 is 5.11 Å². The van der Waals surface area contributed by atoms with Gasteiger partial charge in [-0.15, -0.1) is 0 Å². The number of aliphatic hydroxyl groups excluding tert-OH is 1. The molecule has 1 aliphatic rings. The first-order chi connectivity index (χ1) is 7.90. The van der Waals surface area contributed by atoms with E-state index >= 15 is 0 Å². The van der Waals surface area contributed by atoms with Gasteiger partial charge in [-0.05, 0) is 31.2 Å². The lowest BCUT2D eigenvalue weighted by atomic mass is 10.1. The highest BCUT2D eigenvalue weighted by Gasteiger charge is 2.15. The van der Waals surface area contributed by atoms with Crippen LogP contribution in [0, 0.1) is 31.6 Å². The van der Waals surface area contributed by atoms with Crippen LogP contribution >= 0.6 is 0 Å². The maximum atomic E-state index is 9.29. The lowest BCUT2D eigenvalue weighted by Gasteiger charge is -2.10. The van der Waals surface area contributed by atoms with Gasteiger partial charge < -0.3 is 5.11 Å². The summed E-state index contributed by atoms with van der Waals surface area (Å²) >= 11 is 0. The molecule has 0 bridgehead atoms. The minimum atomic E-state index is -0.170. The molecule has 81 valence electrons. The lowest BCUT2D eigenvalue weighted by molar-refractivity contribution is 0.269. The van der Waals surface area contributed by atoms with Gasteiger partial charge in [-0.1, -0.05) is 30.3 Å². The van der Waals surface area contributed by atoms with E-state index in [0.29, 0.717) is 0 Å². The van der Waals surface area contributed by atoms with E-state index in [9.17, 15) is 5.11 Å². The molecule has 1 aromatic rings. The molecule has 5 radical (unpaired) electrons. The topological polar surface area (TPSA) is 32.6 Å². The molecule has 16 heavy (non-hydrogen) atoms. The second-order valence-electron chi connectivity index (χ2n) is 3.61. The number of benzene rings is 1. The molecule has 1 fully saturated rings. The zero-order valence-electron chi connectivity index (χ0n) is 8.95. The normalized spacial score (nSPS) is 19.3. The largest absolute Gasteiger partial charge is 0.394 e. The summed E-state index contributed by atoms with van der Waals surface area (Å²) in [7, 11) is 0. The van der Waals surface area contributed by atoms with Crippen LogP contribution in [0.25, 0.3) is 0 Å². The number of nitrogens with zero attached hydrogens (tertiary/aromatic N) is 1. The van der Waals surface area contributed by atoms with Crippen molar-refractivity contribution in [2.45, 2.75) is 6.04 Å². The zero-order valence-corrected chi connectivity index (χ0v) is 8.95. The zero-order chi connectivity index (χ0) is 11.2. The van der Waals surface area contributed by atoms with Gasteiger partial charge in [-0.3, -0.25) is 4.99 Å². The highest BCUT2D eigenvalue weighted by atomic mass is 16.3. The Bertz CT molecular complexity index is 328. The van der Waals surface area contributed by atoms with Crippen LogP contribution in [0.2, 0.25) is 0 Å². The molecule has 2 nitrogen and oxygen atoms in total. The third kappa shape index (κ3) is 2.92. The van der Waals surface area contributed by atoms with Crippen molar-refractivity contribution in [2.75, 3.05) is 6.61 Å². The molecular weight excluding hydrogens is 198 g/mol. The Morgan fingerprint density at radius 1 is 1.12 bits per heavy atom. The average Bonchev–Trinajstić information content (AvgIpc) is 2.84.